The predicted molar refractivity (Wildman–Crippen MR) is 298 cm³/mol. The van der Waals surface area contributed by atoms with Gasteiger partial charge in [-0.3, -0.25) is 33.6 Å². The number of aliphatic hydroxyl groups excluding tert-OH is 1. The van der Waals surface area contributed by atoms with Crippen LogP contribution >= 0.6 is 0 Å². The van der Waals surface area contributed by atoms with Crippen LogP contribution in [-0.4, -0.2) is 142 Å². The van der Waals surface area contributed by atoms with Crippen molar-refractivity contribution in [2.24, 2.45) is 34.8 Å². The van der Waals surface area contributed by atoms with Crippen LogP contribution in [0.15, 0.2) is 60.9 Å². The average molecular weight is 1090 g/mol. The second-order valence-electron chi connectivity index (χ2n) is 20.8. The number of hydrogen-bond donors (Lipinski definition) is 15. The molecule has 0 aliphatic rings. The van der Waals surface area contributed by atoms with E-state index >= 15 is 0 Å². The Balaban J connectivity index is 1.65. The van der Waals surface area contributed by atoms with E-state index in [1.807, 2.05) is 76.2 Å². The summed E-state index contributed by atoms with van der Waals surface area (Å²) in [6, 6.07) is 4.62. The topological polar surface area (TPSA) is 397 Å². The zero-order valence-corrected chi connectivity index (χ0v) is 45.5. The van der Waals surface area contributed by atoms with Crippen molar-refractivity contribution in [2.45, 2.75) is 160 Å². The number of benzene rings is 2. The summed E-state index contributed by atoms with van der Waals surface area (Å²) in [4.78, 5) is 118. The van der Waals surface area contributed by atoms with E-state index in [9.17, 15) is 48.6 Å². The Kier molecular flexibility index (Phi) is 26.7. The van der Waals surface area contributed by atoms with Gasteiger partial charge in [0, 0.05) is 47.0 Å². The van der Waals surface area contributed by atoms with E-state index in [0.29, 0.717) is 62.6 Å². The highest BCUT2D eigenvalue weighted by Gasteiger charge is 2.35. The molecule has 0 saturated heterocycles. The van der Waals surface area contributed by atoms with Gasteiger partial charge in [-0.05, 0) is 119 Å². The minimum Gasteiger partial charge on any atom is -0.480 e. The Hall–Kier alpha value is -6.92. The lowest BCUT2D eigenvalue weighted by Gasteiger charge is -2.28. The molecule has 0 saturated carbocycles. The fourth-order valence-electron chi connectivity index (χ4n) is 9.12. The van der Waals surface area contributed by atoms with Gasteiger partial charge in [0.2, 0.25) is 41.4 Å². The van der Waals surface area contributed by atoms with Gasteiger partial charge in [0.05, 0.1) is 12.6 Å². The zero-order valence-electron chi connectivity index (χ0n) is 45.5. The van der Waals surface area contributed by atoms with E-state index in [4.69, 9.17) is 22.9 Å². The molecule has 0 radical (unpaired) electrons. The van der Waals surface area contributed by atoms with Crippen molar-refractivity contribution < 1.29 is 48.6 Å². The third-order valence-electron chi connectivity index (χ3n) is 13.4. The number of aliphatic hydroxyl groups is 1. The Morgan fingerprint density at radius 3 is 1.23 bits per heavy atom. The van der Waals surface area contributed by atoms with Gasteiger partial charge in [-0.15, -0.1) is 0 Å². The van der Waals surface area contributed by atoms with Crippen LogP contribution in [-0.2, 0) is 51.2 Å². The summed E-state index contributed by atoms with van der Waals surface area (Å²) in [7, 11) is 0. The highest BCUT2D eigenvalue weighted by molar-refractivity contribution is 5.98. The molecule has 4 rings (SSSR count). The summed E-state index contributed by atoms with van der Waals surface area (Å²) in [5, 5.41) is 40.7. The molecule has 7 amide bonds. The number of aromatic nitrogens is 2. The Morgan fingerprint density at radius 1 is 0.462 bits per heavy atom. The first-order valence-corrected chi connectivity index (χ1v) is 27.2. The molecule has 4 aromatic rings. The lowest BCUT2D eigenvalue weighted by atomic mass is 9.98. The molecule has 430 valence electrons. The van der Waals surface area contributed by atoms with E-state index in [1.54, 1.807) is 12.4 Å². The monoisotopic (exact) mass is 1090 g/mol. The molecule has 0 fully saturated rings. The quantitative estimate of drug-likeness (QED) is 0.0279. The lowest BCUT2D eigenvalue weighted by molar-refractivity contribution is -0.142. The number of hydrogen-bond acceptors (Lipinski definition) is 13. The number of H-pyrrole nitrogens is 2. The number of fused-ring (bicyclic) bond motifs is 2. The SMILES string of the molecule is CC(C)C[C@@H](NC(=O)[C@H](Cc1c[nH]c2ccccc12)NC(=O)[C@@H](CC(C)C)NC(=O)[C@H](Cc1c[nH]c2ccccc12)NC(=O)[C@@H](CCCCN)NC(=O)[C@H](CCCCN)NC(=O)[C@@H](CO)NC(=O)[C@@H](N)CCCCN)C(=O)O. The molecule has 8 atom stereocenters. The smallest absolute Gasteiger partial charge is 0.326 e. The highest BCUT2D eigenvalue weighted by Crippen LogP contribution is 2.22. The molecule has 0 aliphatic heterocycles. The van der Waals surface area contributed by atoms with Crippen LogP contribution in [0.2, 0.25) is 0 Å². The molecule has 19 N–H and O–H groups in total. The summed E-state index contributed by atoms with van der Waals surface area (Å²) >= 11 is 0. The van der Waals surface area contributed by atoms with Crippen molar-refractivity contribution in [1.29, 1.82) is 0 Å². The van der Waals surface area contributed by atoms with Crippen LogP contribution in [0.1, 0.15) is 109 Å². The number of aromatic amines is 2. The van der Waals surface area contributed by atoms with Crippen molar-refractivity contribution in [1.82, 2.24) is 47.2 Å². The molecule has 2 aromatic carbocycles. The molecule has 23 nitrogen and oxygen atoms in total. The molecule has 0 bridgehead atoms. The number of aliphatic carboxylic acids is 1. The first kappa shape index (κ1) is 63.6. The number of nitrogens with one attached hydrogen (secondary N) is 9. The molecular weight excluding hydrogens is 1000 g/mol. The summed E-state index contributed by atoms with van der Waals surface area (Å²) in [6.07, 6.45) is 6.89. The number of carboxylic acid groups (broad SMARTS) is 1. The highest BCUT2D eigenvalue weighted by atomic mass is 16.4. The number of unbranched alkanes of at least 4 members (excludes halogenated alkanes) is 3. The third kappa shape index (κ3) is 20.1. The Bertz CT molecular complexity index is 2580. The van der Waals surface area contributed by atoms with Gasteiger partial charge in [0.1, 0.15) is 42.3 Å². The first-order chi connectivity index (χ1) is 37.3. The molecule has 0 spiro atoms. The van der Waals surface area contributed by atoms with Crippen LogP contribution in [0.5, 0.6) is 0 Å². The van der Waals surface area contributed by atoms with E-state index in [1.165, 1.54) is 0 Å². The number of carbonyl (C=O) groups is 8. The minimum atomic E-state index is -1.46. The summed E-state index contributed by atoms with van der Waals surface area (Å²) in [5.41, 5.74) is 26.1. The van der Waals surface area contributed by atoms with Gasteiger partial charge in [0.15, 0.2) is 0 Å². The number of carbonyl (C=O) groups excluding carboxylic acids is 7. The van der Waals surface area contributed by atoms with Crippen molar-refractivity contribution in [3.63, 3.8) is 0 Å². The molecule has 0 unspecified atom stereocenters. The van der Waals surface area contributed by atoms with Gasteiger partial charge in [-0.1, -0.05) is 70.5 Å². The van der Waals surface area contributed by atoms with E-state index in [2.05, 4.69) is 47.2 Å². The van der Waals surface area contributed by atoms with Crippen molar-refractivity contribution in [3.05, 3.63) is 72.1 Å². The van der Waals surface area contributed by atoms with Gasteiger partial charge in [0.25, 0.3) is 0 Å². The normalized spacial score (nSPS) is 14.6. The number of rotatable bonds is 36. The van der Waals surface area contributed by atoms with Crippen molar-refractivity contribution >= 4 is 69.1 Å². The standard InChI is InChI=1S/C55H85N13O10/c1-32(2)25-43(51(73)66-45(53(75)67-46(55(77)78)26-33(3)4)28-35-30-61-40-19-8-6-16-37(35)40)64-52(74)44(27-34-29-60-39-18-7-5-15-36(34)39)65-50(72)42(21-11-14-24-58)62-49(71)41(20-10-13-23-57)63-54(76)47(31-69)68-48(70)38(59)17-9-12-22-56/h5-8,15-16,18-19,29-30,32-33,38,41-47,60-61,69H,9-14,17,20-28,31,56-59H2,1-4H3,(H,62,71)(H,63,76)(H,64,74)(H,65,72)(H,66,73)(H,67,75)(H,68,70)(H,77,78)/t38-,41-,42+,43+,44-,45-,46+,47+/m0/s1. The average Bonchev–Trinajstić information content (AvgIpc) is 4.05. The van der Waals surface area contributed by atoms with Crippen molar-refractivity contribution in [2.75, 3.05) is 26.2 Å². The van der Waals surface area contributed by atoms with E-state index < -0.39 is 102 Å². The summed E-state index contributed by atoms with van der Waals surface area (Å²) in [6.45, 7) is 7.52. The van der Waals surface area contributed by atoms with E-state index in [0.717, 1.165) is 21.8 Å². The second-order valence-corrected chi connectivity index (χ2v) is 20.8. The van der Waals surface area contributed by atoms with Gasteiger partial charge in [-0.25, -0.2) is 4.79 Å². The van der Waals surface area contributed by atoms with Crippen LogP contribution in [0, 0.1) is 11.8 Å². The maximum Gasteiger partial charge on any atom is 0.326 e. The van der Waals surface area contributed by atoms with Gasteiger partial charge in [-0.2, -0.15) is 0 Å². The van der Waals surface area contributed by atoms with E-state index in [-0.39, 0.29) is 63.5 Å². The van der Waals surface area contributed by atoms with Crippen LogP contribution in [0.25, 0.3) is 21.8 Å². The summed E-state index contributed by atoms with van der Waals surface area (Å²) < 4.78 is 0. The lowest BCUT2D eigenvalue weighted by Crippen LogP contribution is -2.61. The number of nitrogens with two attached hydrogens (primary N) is 4. The molecule has 2 heterocycles. The molecule has 2 aromatic heterocycles. The minimum absolute atomic E-state index is 0.0325. The Morgan fingerprint density at radius 2 is 0.808 bits per heavy atom. The maximum absolute atomic E-state index is 14.9. The maximum atomic E-state index is 14.9. The van der Waals surface area contributed by atoms with Crippen LogP contribution in [0.3, 0.4) is 0 Å². The number of carboxylic acids is 1. The zero-order chi connectivity index (χ0) is 57.3. The second kappa shape index (κ2) is 32.7. The summed E-state index contributed by atoms with van der Waals surface area (Å²) in [5.74, 6) is -6.78. The molecule has 78 heavy (non-hydrogen) atoms. The number of amides is 7. The van der Waals surface area contributed by atoms with Crippen molar-refractivity contribution in [3.8, 4) is 0 Å². The third-order valence-corrected chi connectivity index (χ3v) is 13.4. The molecule has 23 heteroatoms. The van der Waals surface area contributed by atoms with Gasteiger partial charge < -0.3 is 80.3 Å². The van der Waals surface area contributed by atoms with Crippen LogP contribution < -0.4 is 60.2 Å². The molecular formula is C55H85N13O10. The Labute approximate surface area is 456 Å². The predicted octanol–water partition coefficient (Wildman–Crippen LogP) is 0.711. The first-order valence-electron chi connectivity index (χ1n) is 27.2. The fourth-order valence-corrected chi connectivity index (χ4v) is 9.12. The number of para-hydroxylation sites is 2. The van der Waals surface area contributed by atoms with Gasteiger partial charge >= 0.3 is 5.97 Å². The molecule has 0 aliphatic carbocycles. The van der Waals surface area contributed by atoms with Crippen LogP contribution in [0.4, 0.5) is 0 Å². The largest absolute Gasteiger partial charge is 0.480 e. The fraction of sp³-hybridized carbons (Fsp3) is 0.564.